The molecule has 0 radical (unpaired) electrons. The van der Waals surface area contributed by atoms with E-state index in [0.29, 0.717) is 23.1 Å². The lowest BCUT2D eigenvalue weighted by atomic mass is 9.34. The van der Waals surface area contributed by atoms with Gasteiger partial charge in [-0.1, -0.05) is 19.9 Å². The SMILES string of the molecule is C/C=C(\C)C(=O)O[C@H]1[C@@]2(C)C[C@]34OC5(C)O[C@@]6(CC[C@]7(C)C(=CC(=O)O[C@H]7c7ccoc7)[C@@]6(O5)[C@H](OC(C)=O)[C@@]13O)[C@@]41COC(=O)C[C@@H]21. The van der Waals surface area contributed by atoms with Gasteiger partial charge in [0.15, 0.2) is 17.3 Å². The third-order valence-corrected chi connectivity index (χ3v) is 13.6. The van der Waals surface area contributed by atoms with E-state index in [4.69, 9.17) is 37.6 Å². The van der Waals surface area contributed by atoms with Crippen molar-refractivity contribution >= 4 is 23.9 Å². The molecule has 12 atom stereocenters. The number of carbonyl (C=O) groups is 4. The zero-order chi connectivity index (χ0) is 34.1. The first-order valence-corrected chi connectivity index (χ1v) is 16.5. The minimum Gasteiger partial charge on any atom is -0.472 e. The number of hydrogen-bond acceptors (Lipinski definition) is 13. The van der Waals surface area contributed by atoms with Gasteiger partial charge in [0, 0.05) is 48.3 Å². The molecule has 4 aliphatic carbocycles. The van der Waals surface area contributed by atoms with E-state index in [0.717, 1.165) is 0 Å². The Morgan fingerprint density at radius 3 is 2.46 bits per heavy atom. The fourth-order valence-electron chi connectivity index (χ4n) is 12.2. The fourth-order valence-corrected chi connectivity index (χ4v) is 12.2. The van der Waals surface area contributed by atoms with Crippen molar-refractivity contribution in [1.29, 1.82) is 0 Å². The van der Waals surface area contributed by atoms with Gasteiger partial charge in [-0.25, -0.2) is 9.59 Å². The summed E-state index contributed by atoms with van der Waals surface area (Å²) < 4.78 is 50.9. The molecule has 7 fully saturated rings. The maximum Gasteiger partial charge on any atom is 0.333 e. The average molecular weight is 667 g/mol. The first-order chi connectivity index (χ1) is 22.5. The summed E-state index contributed by atoms with van der Waals surface area (Å²) >= 11 is 0. The number of hydrogen-bond donors (Lipinski definition) is 1. The molecular formula is C35H38O13. The van der Waals surface area contributed by atoms with Crippen molar-refractivity contribution in [1.82, 2.24) is 0 Å². The molecule has 4 saturated carbocycles. The van der Waals surface area contributed by atoms with Crippen LogP contribution in [-0.4, -0.2) is 76.2 Å². The summed E-state index contributed by atoms with van der Waals surface area (Å²) in [6.45, 7) is 9.73. The van der Waals surface area contributed by atoms with Crippen LogP contribution in [0.5, 0.6) is 0 Å². The Morgan fingerprint density at radius 2 is 1.77 bits per heavy atom. The lowest BCUT2D eigenvalue weighted by molar-refractivity contribution is -0.483. The Kier molecular flexibility index (Phi) is 5.47. The molecule has 13 nitrogen and oxygen atoms in total. The van der Waals surface area contributed by atoms with Gasteiger partial charge >= 0.3 is 23.9 Å². The second-order valence-electron chi connectivity index (χ2n) is 15.6. The van der Waals surface area contributed by atoms with Crippen LogP contribution in [0, 0.1) is 22.2 Å². The van der Waals surface area contributed by atoms with Gasteiger partial charge in [-0.15, -0.1) is 0 Å². The van der Waals surface area contributed by atoms with Crippen LogP contribution in [0.1, 0.15) is 78.9 Å². The van der Waals surface area contributed by atoms with Crippen molar-refractivity contribution in [2.75, 3.05) is 6.61 Å². The molecule has 1 aromatic rings. The highest BCUT2D eigenvalue weighted by atomic mass is 16.9. The van der Waals surface area contributed by atoms with Crippen LogP contribution >= 0.6 is 0 Å². The van der Waals surface area contributed by atoms with Crippen molar-refractivity contribution in [2.24, 2.45) is 22.2 Å². The van der Waals surface area contributed by atoms with E-state index >= 15 is 0 Å². The highest BCUT2D eigenvalue weighted by molar-refractivity contribution is 5.88. The average Bonchev–Trinajstić information content (AvgIpc) is 3.73. The topological polar surface area (TPSA) is 166 Å². The summed E-state index contributed by atoms with van der Waals surface area (Å²) in [5, 5.41) is 13.7. The molecule has 9 rings (SSSR count). The van der Waals surface area contributed by atoms with Crippen LogP contribution in [0.3, 0.4) is 0 Å². The molecule has 1 unspecified atom stereocenters. The quantitative estimate of drug-likeness (QED) is 0.283. The van der Waals surface area contributed by atoms with Crippen molar-refractivity contribution in [3.05, 3.63) is 47.5 Å². The molecular weight excluding hydrogens is 628 g/mol. The molecule has 0 aromatic carbocycles. The Hall–Kier alpha value is -3.52. The van der Waals surface area contributed by atoms with E-state index in [1.807, 2.05) is 13.8 Å². The van der Waals surface area contributed by atoms with E-state index in [1.165, 1.54) is 25.5 Å². The predicted molar refractivity (Wildman–Crippen MR) is 157 cm³/mol. The molecule has 256 valence electrons. The molecule has 4 bridgehead atoms. The Bertz CT molecular complexity index is 1780. The van der Waals surface area contributed by atoms with Crippen molar-refractivity contribution in [3.8, 4) is 0 Å². The zero-order valence-corrected chi connectivity index (χ0v) is 27.6. The molecule has 1 aromatic heterocycles. The summed E-state index contributed by atoms with van der Waals surface area (Å²) in [5.74, 6) is -4.95. The van der Waals surface area contributed by atoms with Crippen LogP contribution < -0.4 is 0 Å². The third-order valence-electron chi connectivity index (χ3n) is 13.6. The van der Waals surface area contributed by atoms with Gasteiger partial charge in [0.2, 0.25) is 0 Å². The van der Waals surface area contributed by atoms with Crippen LogP contribution in [0.2, 0.25) is 0 Å². The van der Waals surface area contributed by atoms with Crippen molar-refractivity contribution < 1.29 is 61.9 Å². The molecule has 48 heavy (non-hydrogen) atoms. The maximum atomic E-state index is 13.7. The zero-order valence-electron chi connectivity index (χ0n) is 27.6. The van der Waals surface area contributed by atoms with Gasteiger partial charge in [-0.2, -0.15) is 0 Å². The molecule has 0 amide bonds. The molecule has 4 aliphatic heterocycles. The van der Waals surface area contributed by atoms with Crippen LogP contribution in [0.4, 0.5) is 0 Å². The minimum atomic E-state index is -2.27. The number of ether oxygens (including phenoxy) is 7. The maximum absolute atomic E-state index is 13.7. The first kappa shape index (κ1) is 30.5. The van der Waals surface area contributed by atoms with E-state index in [2.05, 4.69) is 0 Å². The number of furan rings is 1. The van der Waals surface area contributed by atoms with Gasteiger partial charge < -0.3 is 42.7 Å². The van der Waals surface area contributed by atoms with Crippen molar-refractivity contribution in [3.63, 3.8) is 0 Å². The monoisotopic (exact) mass is 666 g/mol. The van der Waals surface area contributed by atoms with Gasteiger partial charge in [-0.3, -0.25) is 9.59 Å². The lowest BCUT2D eigenvalue weighted by Gasteiger charge is -2.76. The second kappa shape index (κ2) is 8.61. The molecule has 1 N–H and O–H groups in total. The molecule has 3 saturated heterocycles. The van der Waals surface area contributed by atoms with Gasteiger partial charge in [0.1, 0.15) is 30.0 Å². The molecule has 8 aliphatic rings. The summed E-state index contributed by atoms with van der Waals surface area (Å²) in [4.78, 5) is 53.7. The number of rotatable bonds is 4. The number of fused-ring (bicyclic) bond motifs is 4. The second-order valence-corrected chi connectivity index (χ2v) is 15.6. The number of esters is 4. The Labute approximate surface area is 275 Å². The molecule has 3 spiro atoms. The number of carbonyl (C=O) groups excluding carboxylic acids is 4. The number of cyclic esters (lactones) is 2. The van der Waals surface area contributed by atoms with Crippen LogP contribution in [0.25, 0.3) is 0 Å². The Balaban J connectivity index is 1.38. The number of aliphatic hydroxyl groups is 1. The van der Waals surface area contributed by atoms with Gasteiger partial charge in [0.05, 0.1) is 17.9 Å². The smallest absolute Gasteiger partial charge is 0.333 e. The van der Waals surface area contributed by atoms with Crippen molar-refractivity contribution in [2.45, 2.75) is 114 Å². The van der Waals surface area contributed by atoms with E-state index in [1.54, 1.807) is 32.9 Å². The summed E-state index contributed by atoms with van der Waals surface area (Å²) in [6.07, 6.45) is 2.88. The lowest BCUT2D eigenvalue weighted by Crippen LogP contribution is -2.94. The van der Waals surface area contributed by atoms with E-state index in [-0.39, 0.29) is 25.9 Å². The Morgan fingerprint density at radius 1 is 1.02 bits per heavy atom. The standard InChI is InChI=1S/C35H38O13/c1-7-17(2)25(39)45-26-29(5)15-33-31(16-42-22(37)12-20(29)31)32-10-9-28(4)21(13-23(38)44-24(28)19-8-11-41-14-19)35(32,48-30(6,46-32)47-33)27(34(26,33)40)43-18(3)36/h7-8,11,13-14,20,24,26-27,40H,9-10,12,15-16H2,1-6H3/b17-7+/t20-,24-,26-,27+,28+,29-,30?,31-,32-,33+,34-,35+/m0/s1. The predicted octanol–water partition coefficient (Wildman–Crippen LogP) is 3.10. The normalized spacial score (nSPS) is 52.1. The van der Waals surface area contributed by atoms with Crippen LogP contribution in [0.15, 0.2) is 46.3 Å². The van der Waals surface area contributed by atoms with Gasteiger partial charge in [-0.05, 0) is 50.7 Å². The fraction of sp³-hybridized carbons (Fsp3) is 0.657. The molecule has 5 heterocycles. The van der Waals surface area contributed by atoms with E-state index < -0.39 is 92.7 Å². The third kappa shape index (κ3) is 2.84. The van der Waals surface area contributed by atoms with E-state index in [9.17, 15) is 24.3 Å². The highest BCUT2D eigenvalue weighted by Crippen LogP contribution is 2.90. The molecule has 13 heteroatoms. The van der Waals surface area contributed by atoms with Crippen LogP contribution in [-0.2, 0) is 52.3 Å². The highest BCUT2D eigenvalue weighted by Gasteiger charge is 3.05. The summed E-state index contributed by atoms with van der Waals surface area (Å²) in [7, 11) is 0. The van der Waals surface area contributed by atoms with Gasteiger partial charge in [0.25, 0.3) is 5.97 Å². The minimum absolute atomic E-state index is 0.0690. The summed E-state index contributed by atoms with van der Waals surface area (Å²) in [6, 6.07) is 1.72. The summed E-state index contributed by atoms with van der Waals surface area (Å²) in [5.41, 5.74) is -9.31. The first-order valence-electron chi connectivity index (χ1n) is 16.5. The largest absolute Gasteiger partial charge is 0.472 e. The number of allylic oxidation sites excluding steroid dienone is 1.